The third kappa shape index (κ3) is 3.69. The second kappa shape index (κ2) is 7.88. The van der Waals surface area contributed by atoms with Crippen LogP contribution in [-0.4, -0.2) is 39.6 Å². The molecule has 2 aromatic heterocycles. The Balaban J connectivity index is 1.43. The maximum absolute atomic E-state index is 5.03. The van der Waals surface area contributed by atoms with Gasteiger partial charge in [0.1, 0.15) is 5.82 Å². The summed E-state index contributed by atoms with van der Waals surface area (Å²) < 4.78 is 2.52. The van der Waals surface area contributed by atoms with E-state index in [9.17, 15) is 0 Å². The van der Waals surface area contributed by atoms with Gasteiger partial charge in [-0.3, -0.25) is 4.98 Å². The topological polar surface area (TPSA) is 46.0 Å². The number of hydrogen-bond donors (Lipinski definition) is 1. The molecule has 1 saturated heterocycles. The molecule has 29 heavy (non-hydrogen) atoms. The molecule has 0 spiro atoms. The highest BCUT2D eigenvalue weighted by molar-refractivity contribution is 5.76. The van der Waals surface area contributed by atoms with Crippen LogP contribution in [0.15, 0.2) is 36.4 Å². The Hall–Kier alpha value is -2.24. The largest absolute Gasteiger partial charge is 0.324 e. The molecular weight excluding hydrogens is 358 g/mol. The van der Waals surface area contributed by atoms with Crippen LogP contribution in [0.5, 0.6) is 0 Å². The smallest absolute Gasteiger partial charge is 0.124 e. The lowest BCUT2D eigenvalue weighted by molar-refractivity contribution is 0.220. The zero-order chi connectivity index (χ0) is 19.8. The van der Waals surface area contributed by atoms with Crippen molar-refractivity contribution in [2.24, 2.45) is 0 Å². The van der Waals surface area contributed by atoms with Gasteiger partial charge in [-0.1, -0.05) is 18.2 Å². The fourth-order valence-electron chi connectivity index (χ4n) is 5.04. The molecule has 1 fully saturated rings. The lowest BCUT2D eigenvalue weighted by atomic mass is 9.91. The second-order valence-corrected chi connectivity index (χ2v) is 8.74. The molecule has 1 atom stereocenters. The summed E-state index contributed by atoms with van der Waals surface area (Å²) in [7, 11) is 2.22. The molecular formula is C24H31N5. The molecule has 1 aromatic carbocycles. The van der Waals surface area contributed by atoms with Crippen LogP contribution in [0.1, 0.15) is 60.5 Å². The van der Waals surface area contributed by atoms with Crippen LogP contribution in [0.25, 0.3) is 11.0 Å². The fraction of sp³-hybridized carbons (Fsp3) is 0.500. The Morgan fingerprint density at radius 2 is 1.86 bits per heavy atom. The van der Waals surface area contributed by atoms with E-state index >= 15 is 0 Å². The van der Waals surface area contributed by atoms with Gasteiger partial charge in [-0.2, -0.15) is 0 Å². The van der Waals surface area contributed by atoms with Gasteiger partial charge in [-0.15, -0.1) is 0 Å². The summed E-state index contributed by atoms with van der Waals surface area (Å²) in [6, 6.07) is 13.9. The molecule has 5 nitrogen and oxygen atoms in total. The highest BCUT2D eigenvalue weighted by Gasteiger charge is 2.25. The molecule has 5 rings (SSSR count). The number of nitrogens with zero attached hydrogens (tertiary/aromatic N) is 4. The van der Waals surface area contributed by atoms with Gasteiger partial charge in [0.25, 0.3) is 0 Å². The number of piperidine rings is 1. The molecule has 1 unspecified atom stereocenters. The SMILES string of the molecule is Cc1ccc2c(n1)C(NCc1nc3ccccc3n1C1CCN(C)CC1)CCC2. The normalized spacial score (nSPS) is 20.8. The number of hydrogen-bond acceptors (Lipinski definition) is 4. The van der Waals surface area contributed by atoms with Crippen molar-refractivity contribution in [3.8, 4) is 0 Å². The van der Waals surface area contributed by atoms with Crippen molar-refractivity contribution < 1.29 is 0 Å². The molecule has 0 saturated carbocycles. The van der Waals surface area contributed by atoms with Crippen molar-refractivity contribution in [2.45, 2.75) is 57.7 Å². The predicted molar refractivity (Wildman–Crippen MR) is 117 cm³/mol. The number of imidazole rings is 1. The van der Waals surface area contributed by atoms with Crippen LogP contribution >= 0.6 is 0 Å². The fourth-order valence-corrected chi connectivity index (χ4v) is 5.04. The standard InChI is InChI=1S/C24H31N5/c1-17-10-11-18-6-5-8-21(24(18)26-17)25-16-23-27-20-7-3-4-9-22(20)29(23)19-12-14-28(2)15-13-19/h3-4,7,9-11,19,21,25H,5-6,8,12-16H2,1-2H3. The van der Waals surface area contributed by atoms with Gasteiger partial charge in [0.05, 0.1) is 29.3 Å². The molecule has 1 aliphatic heterocycles. The van der Waals surface area contributed by atoms with Crippen LogP contribution < -0.4 is 5.32 Å². The number of aromatic nitrogens is 3. The van der Waals surface area contributed by atoms with Crippen molar-refractivity contribution in [1.82, 2.24) is 24.8 Å². The quantitative estimate of drug-likeness (QED) is 0.727. The van der Waals surface area contributed by atoms with Gasteiger partial charge < -0.3 is 14.8 Å². The summed E-state index contributed by atoms with van der Waals surface area (Å²) in [5, 5.41) is 3.81. The van der Waals surface area contributed by atoms with Crippen molar-refractivity contribution in [2.75, 3.05) is 20.1 Å². The van der Waals surface area contributed by atoms with E-state index in [1.165, 1.54) is 41.9 Å². The minimum atomic E-state index is 0.324. The average Bonchev–Trinajstić information content (AvgIpc) is 3.11. The maximum Gasteiger partial charge on any atom is 0.124 e. The lowest BCUT2D eigenvalue weighted by Crippen LogP contribution is -2.33. The number of fused-ring (bicyclic) bond motifs is 2. The van der Waals surface area contributed by atoms with Gasteiger partial charge in [-0.25, -0.2) is 4.98 Å². The predicted octanol–water partition coefficient (Wildman–Crippen LogP) is 4.17. The van der Waals surface area contributed by atoms with E-state index in [1.807, 2.05) is 0 Å². The number of likely N-dealkylation sites (tertiary alicyclic amines) is 1. The summed E-state index contributed by atoms with van der Waals surface area (Å²) in [6.45, 7) is 5.19. The van der Waals surface area contributed by atoms with E-state index < -0.39 is 0 Å². The Morgan fingerprint density at radius 3 is 2.72 bits per heavy atom. The first-order chi connectivity index (χ1) is 14.2. The van der Waals surface area contributed by atoms with Gasteiger partial charge in [0, 0.05) is 11.7 Å². The van der Waals surface area contributed by atoms with E-state index in [4.69, 9.17) is 9.97 Å². The van der Waals surface area contributed by atoms with E-state index in [0.717, 1.165) is 43.7 Å². The molecule has 2 aliphatic rings. The second-order valence-electron chi connectivity index (χ2n) is 8.74. The summed E-state index contributed by atoms with van der Waals surface area (Å²) in [6.07, 6.45) is 5.90. The summed E-state index contributed by atoms with van der Waals surface area (Å²) in [5.41, 5.74) is 6.15. The van der Waals surface area contributed by atoms with Crippen LogP contribution in [0.3, 0.4) is 0 Å². The molecule has 1 N–H and O–H groups in total. The van der Waals surface area contributed by atoms with E-state index in [1.54, 1.807) is 0 Å². The van der Waals surface area contributed by atoms with Gasteiger partial charge in [0.2, 0.25) is 0 Å². The van der Waals surface area contributed by atoms with Crippen LogP contribution in [0.4, 0.5) is 0 Å². The monoisotopic (exact) mass is 389 g/mol. The van der Waals surface area contributed by atoms with Crippen LogP contribution in [0, 0.1) is 6.92 Å². The Bertz CT molecular complexity index is 1000. The van der Waals surface area contributed by atoms with Crippen molar-refractivity contribution >= 4 is 11.0 Å². The van der Waals surface area contributed by atoms with Crippen molar-refractivity contribution in [3.05, 3.63) is 59.2 Å². The first kappa shape index (κ1) is 18.8. The number of para-hydroxylation sites is 2. The molecule has 0 radical (unpaired) electrons. The molecule has 1 aliphatic carbocycles. The Kier molecular flexibility index (Phi) is 5.10. The minimum Gasteiger partial charge on any atom is -0.324 e. The average molecular weight is 390 g/mol. The molecule has 0 bridgehead atoms. The lowest BCUT2D eigenvalue weighted by Gasteiger charge is -2.31. The number of benzene rings is 1. The van der Waals surface area contributed by atoms with E-state index in [2.05, 4.69) is 65.2 Å². The number of rotatable bonds is 4. The first-order valence-corrected chi connectivity index (χ1v) is 11.0. The van der Waals surface area contributed by atoms with Gasteiger partial charge in [0.15, 0.2) is 0 Å². The zero-order valence-corrected chi connectivity index (χ0v) is 17.6. The number of aryl methyl sites for hydroxylation is 2. The zero-order valence-electron chi connectivity index (χ0n) is 17.6. The molecule has 0 amide bonds. The number of nitrogens with one attached hydrogen (secondary N) is 1. The highest BCUT2D eigenvalue weighted by Crippen LogP contribution is 2.31. The molecule has 152 valence electrons. The third-order valence-corrected chi connectivity index (χ3v) is 6.65. The Morgan fingerprint density at radius 1 is 1.03 bits per heavy atom. The highest BCUT2D eigenvalue weighted by atomic mass is 15.2. The first-order valence-electron chi connectivity index (χ1n) is 11.0. The summed E-state index contributed by atoms with van der Waals surface area (Å²) in [5.74, 6) is 1.17. The van der Waals surface area contributed by atoms with Gasteiger partial charge in [-0.05, 0) is 82.9 Å². The third-order valence-electron chi connectivity index (χ3n) is 6.65. The molecule has 3 heterocycles. The van der Waals surface area contributed by atoms with Crippen molar-refractivity contribution in [1.29, 1.82) is 0 Å². The number of pyridine rings is 1. The minimum absolute atomic E-state index is 0.324. The van der Waals surface area contributed by atoms with E-state index in [0.29, 0.717) is 12.1 Å². The molecule has 5 heteroatoms. The molecule has 3 aromatic rings. The maximum atomic E-state index is 5.03. The van der Waals surface area contributed by atoms with Crippen molar-refractivity contribution in [3.63, 3.8) is 0 Å². The summed E-state index contributed by atoms with van der Waals surface area (Å²) in [4.78, 5) is 12.3. The Labute approximate surface area is 173 Å². The van der Waals surface area contributed by atoms with Crippen LogP contribution in [-0.2, 0) is 13.0 Å². The van der Waals surface area contributed by atoms with Crippen LogP contribution in [0.2, 0.25) is 0 Å². The van der Waals surface area contributed by atoms with Gasteiger partial charge >= 0.3 is 0 Å². The van der Waals surface area contributed by atoms with E-state index in [-0.39, 0.29) is 0 Å². The summed E-state index contributed by atoms with van der Waals surface area (Å²) >= 11 is 0.